The predicted molar refractivity (Wildman–Crippen MR) is 77.5 cm³/mol. The monoisotopic (exact) mass is 263 g/mol. The molecule has 106 valence electrons. The van der Waals surface area contributed by atoms with Gasteiger partial charge >= 0.3 is 0 Å². The molecule has 1 fully saturated rings. The van der Waals surface area contributed by atoms with Crippen LogP contribution in [-0.4, -0.2) is 25.9 Å². The van der Waals surface area contributed by atoms with Crippen LogP contribution in [0.15, 0.2) is 24.3 Å². The van der Waals surface area contributed by atoms with Crippen molar-refractivity contribution in [2.75, 3.05) is 19.8 Å². The summed E-state index contributed by atoms with van der Waals surface area (Å²) in [5.74, 6) is 1.00. The molecular weight excluding hydrogens is 238 g/mol. The molecule has 1 saturated heterocycles. The second kappa shape index (κ2) is 8.18. The van der Waals surface area contributed by atoms with Crippen LogP contribution in [0, 0.1) is 0 Å². The summed E-state index contributed by atoms with van der Waals surface area (Å²) in [6.07, 6.45) is 4.94. The molecule has 1 heterocycles. The lowest BCUT2D eigenvalue weighted by molar-refractivity contribution is 0.0902. The van der Waals surface area contributed by atoms with Crippen LogP contribution in [0.3, 0.4) is 0 Å². The molecular formula is C16H25NO2. The third kappa shape index (κ3) is 4.84. The average Bonchev–Trinajstić information content (AvgIpc) is 2.94. The third-order valence-electron chi connectivity index (χ3n) is 3.44. The highest BCUT2D eigenvalue weighted by molar-refractivity contribution is 5.33. The van der Waals surface area contributed by atoms with Crippen molar-refractivity contribution in [3.05, 3.63) is 29.8 Å². The number of hydrogen-bond donors (Lipinski definition) is 1. The van der Waals surface area contributed by atoms with Gasteiger partial charge in [-0.25, -0.2) is 0 Å². The molecule has 0 aromatic heterocycles. The summed E-state index contributed by atoms with van der Waals surface area (Å²) in [7, 11) is 0. The third-order valence-corrected chi connectivity index (χ3v) is 3.44. The standard InChI is InChI=1S/C16H25NO2/c1-2-10-17-13-14-6-3-4-8-16(14)19-12-9-15-7-5-11-18-15/h3-4,6,8,15,17H,2,5,7,9-13H2,1H3. The Balaban J connectivity index is 1.77. The van der Waals surface area contributed by atoms with E-state index in [1.807, 2.05) is 6.07 Å². The smallest absolute Gasteiger partial charge is 0.123 e. The Morgan fingerprint density at radius 1 is 1.37 bits per heavy atom. The molecule has 0 spiro atoms. The zero-order valence-corrected chi connectivity index (χ0v) is 11.9. The summed E-state index contributed by atoms with van der Waals surface area (Å²) in [6.45, 7) is 5.77. The summed E-state index contributed by atoms with van der Waals surface area (Å²) in [5.41, 5.74) is 1.24. The summed E-state index contributed by atoms with van der Waals surface area (Å²) in [6, 6.07) is 8.28. The molecule has 1 atom stereocenters. The SMILES string of the molecule is CCCNCc1ccccc1OCCC1CCCO1. The van der Waals surface area contributed by atoms with Gasteiger partial charge in [0.15, 0.2) is 0 Å². The minimum atomic E-state index is 0.408. The molecule has 3 nitrogen and oxygen atoms in total. The minimum absolute atomic E-state index is 0.408. The van der Waals surface area contributed by atoms with Crippen LogP contribution < -0.4 is 10.1 Å². The Morgan fingerprint density at radius 2 is 2.26 bits per heavy atom. The van der Waals surface area contributed by atoms with Crippen molar-refractivity contribution in [3.8, 4) is 5.75 Å². The van der Waals surface area contributed by atoms with E-state index in [2.05, 4.69) is 30.4 Å². The lowest BCUT2D eigenvalue weighted by atomic mass is 10.2. The molecule has 19 heavy (non-hydrogen) atoms. The van der Waals surface area contributed by atoms with Gasteiger partial charge in [-0.15, -0.1) is 0 Å². The van der Waals surface area contributed by atoms with Crippen molar-refractivity contribution in [2.45, 2.75) is 45.3 Å². The molecule has 0 amide bonds. The highest BCUT2D eigenvalue weighted by Gasteiger charge is 2.15. The highest BCUT2D eigenvalue weighted by Crippen LogP contribution is 2.20. The molecule has 3 heteroatoms. The van der Waals surface area contributed by atoms with Crippen LogP contribution in [0.5, 0.6) is 5.75 Å². The summed E-state index contributed by atoms with van der Waals surface area (Å²) < 4.78 is 11.5. The Kier molecular flexibility index (Phi) is 6.18. The first-order chi connectivity index (χ1) is 9.40. The van der Waals surface area contributed by atoms with Gasteiger partial charge in [-0.1, -0.05) is 25.1 Å². The number of benzene rings is 1. The molecule has 2 rings (SSSR count). The molecule has 1 aliphatic rings. The quantitative estimate of drug-likeness (QED) is 0.731. The first-order valence-corrected chi connectivity index (χ1v) is 7.43. The maximum atomic E-state index is 5.91. The number of ether oxygens (including phenoxy) is 2. The van der Waals surface area contributed by atoms with Gasteiger partial charge in [0.25, 0.3) is 0 Å². The lowest BCUT2D eigenvalue weighted by Crippen LogP contribution is -2.15. The van der Waals surface area contributed by atoms with E-state index in [4.69, 9.17) is 9.47 Å². The Labute approximate surface area is 116 Å². The number of rotatable bonds is 8. The van der Waals surface area contributed by atoms with Gasteiger partial charge in [0.2, 0.25) is 0 Å². The van der Waals surface area contributed by atoms with E-state index in [9.17, 15) is 0 Å². The molecule has 0 radical (unpaired) electrons. The van der Waals surface area contributed by atoms with Crippen molar-refractivity contribution in [2.24, 2.45) is 0 Å². The highest BCUT2D eigenvalue weighted by atomic mass is 16.5. The summed E-state index contributed by atoms with van der Waals surface area (Å²) in [5, 5.41) is 3.42. The maximum Gasteiger partial charge on any atom is 0.123 e. The fraction of sp³-hybridized carbons (Fsp3) is 0.625. The minimum Gasteiger partial charge on any atom is -0.493 e. The summed E-state index contributed by atoms with van der Waals surface area (Å²) in [4.78, 5) is 0. The van der Waals surface area contributed by atoms with E-state index in [-0.39, 0.29) is 0 Å². The second-order valence-corrected chi connectivity index (χ2v) is 5.06. The summed E-state index contributed by atoms with van der Waals surface area (Å²) >= 11 is 0. The van der Waals surface area contributed by atoms with Crippen LogP contribution in [0.4, 0.5) is 0 Å². The van der Waals surface area contributed by atoms with Gasteiger partial charge in [0.05, 0.1) is 12.7 Å². The van der Waals surface area contributed by atoms with E-state index >= 15 is 0 Å². The van der Waals surface area contributed by atoms with Crippen LogP contribution in [0.1, 0.15) is 38.2 Å². The fourth-order valence-electron chi connectivity index (χ4n) is 2.36. The average molecular weight is 263 g/mol. The molecule has 1 aromatic carbocycles. The molecule has 1 aliphatic heterocycles. The maximum absolute atomic E-state index is 5.91. The number of hydrogen-bond acceptors (Lipinski definition) is 3. The van der Waals surface area contributed by atoms with Crippen LogP contribution in [0.2, 0.25) is 0 Å². The molecule has 0 saturated carbocycles. The van der Waals surface area contributed by atoms with Gasteiger partial charge in [-0.05, 0) is 31.9 Å². The van der Waals surface area contributed by atoms with Gasteiger partial charge in [0, 0.05) is 25.1 Å². The lowest BCUT2D eigenvalue weighted by Gasteiger charge is -2.14. The Hall–Kier alpha value is -1.06. The van der Waals surface area contributed by atoms with Crippen molar-refractivity contribution in [3.63, 3.8) is 0 Å². The zero-order valence-electron chi connectivity index (χ0n) is 11.9. The molecule has 1 N–H and O–H groups in total. The van der Waals surface area contributed by atoms with E-state index in [1.165, 1.54) is 18.4 Å². The van der Waals surface area contributed by atoms with Crippen LogP contribution in [0.25, 0.3) is 0 Å². The second-order valence-electron chi connectivity index (χ2n) is 5.06. The van der Waals surface area contributed by atoms with Gasteiger partial charge < -0.3 is 14.8 Å². The van der Waals surface area contributed by atoms with Crippen molar-refractivity contribution in [1.29, 1.82) is 0 Å². The van der Waals surface area contributed by atoms with Crippen LogP contribution in [-0.2, 0) is 11.3 Å². The predicted octanol–water partition coefficient (Wildman–Crippen LogP) is 3.13. The topological polar surface area (TPSA) is 30.5 Å². The normalized spacial score (nSPS) is 18.7. The van der Waals surface area contributed by atoms with Gasteiger partial charge in [-0.3, -0.25) is 0 Å². The Morgan fingerprint density at radius 3 is 3.05 bits per heavy atom. The van der Waals surface area contributed by atoms with Gasteiger partial charge in [0.1, 0.15) is 5.75 Å². The molecule has 0 bridgehead atoms. The molecule has 1 aromatic rings. The first-order valence-electron chi connectivity index (χ1n) is 7.43. The largest absolute Gasteiger partial charge is 0.493 e. The Bertz CT molecular complexity index is 362. The molecule has 1 unspecified atom stereocenters. The van der Waals surface area contributed by atoms with Crippen molar-refractivity contribution >= 4 is 0 Å². The van der Waals surface area contributed by atoms with E-state index in [1.54, 1.807) is 0 Å². The van der Waals surface area contributed by atoms with Gasteiger partial charge in [-0.2, -0.15) is 0 Å². The number of nitrogens with one attached hydrogen (secondary N) is 1. The zero-order chi connectivity index (χ0) is 13.3. The molecule has 0 aliphatic carbocycles. The van der Waals surface area contributed by atoms with Crippen molar-refractivity contribution in [1.82, 2.24) is 5.32 Å². The number of para-hydroxylation sites is 1. The van der Waals surface area contributed by atoms with E-state index < -0.39 is 0 Å². The van der Waals surface area contributed by atoms with E-state index in [0.29, 0.717) is 6.10 Å². The fourth-order valence-corrected chi connectivity index (χ4v) is 2.36. The first kappa shape index (κ1) is 14.4. The van der Waals surface area contributed by atoms with Crippen LogP contribution >= 0.6 is 0 Å². The van der Waals surface area contributed by atoms with E-state index in [0.717, 1.165) is 44.9 Å². The van der Waals surface area contributed by atoms with Crippen molar-refractivity contribution < 1.29 is 9.47 Å².